The maximum Gasteiger partial charge on any atom is 0.178 e. The van der Waals surface area contributed by atoms with Gasteiger partial charge in [0.05, 0.1) is 5.03 Å². The number of rotatable bonds is 0. The van der Waals surface area contributed by atoms with Gasteiger partial charge in [0, 0.05) is 17.9 Å². The van der Waals surface area contributed by atoms with Gasteiger partial charge in [-0.2, -0.15) is 0 Å². The molecule has 0 saturated heterocycles. The lowest BCUT2D eigenvalue weighted by Gasteiger charge is -2.27. The predicted molar refractivity (Wildman–Crippen MR) is 51.7 cm³/mol. The lowest BCUT2D eigenvalue weighted by atomic mass is 9.75. The van der Waals surface area contributed by atoms with E-state index in [1.165, 1.54) is 6.08 Å². The Morgan fingerprint density at radius 3 is 2.50 bits per heavy atom. The molecule has 0 heterocycles. The predicted octanol–water partition coefficient (Wildman–Crippen LogP) is 1.70. The first-order valence-electron chi connectivity index (χ1n) is 4.82. The van der Waals surface area contributed by atoms with Crippen molar-refractivity contribution in [1.82, 2.24) is 0 Å². The van der Waals surface area contributed by atoms with Crippen LogP contribution in [0.1, 0.15) is 6.42 Å². The van der Waals surface area contributed by atoms with E-state index in [1.807, 2.05) is 0 Å². The maximum atomic E-state index is 11.8. The monoisotopic (exact) mass is 208 g/mol. The molecule has 0 N–H and O–H groups in total. The molecule has 0 aromatic rings. The van der Waals surface area contributed by atoms with Crippen molar-refractivity contribution in [3.63, 3.8) is 0 Å². The van der Waals surface area contributed by atoms with Crippen LogP contribution in [0.15, 0.2) is 23.3 Å². The quantitative estimate of drug-likeness (QED) is 0.568. The van der Waals surface area contributed by atoms with Crippen molar-refractivity contribution in [3.05, 3.63) is 23.3 Å². The molecule has 1 fully saturated rings. The van der Waals surface area contributed by atoms with E-state index >= 15 is 0 Å². The highest BCUT2D eigenvalue weighted by Gasteiger charge is 2.52. The van der Waals surface area contributed by atoms with Crippen LogP contribution in [0.25, 0.3) is 0 Å². The standard InChI is InChI=1S/C11H9ClO2/c12-7-4-8(13)9-5-1-2-6(3-5)10(9)11(7)14/h1-2,4-6,9-10H,3H2/t5-,6+,9-,10+/m0/s1. The van der Waals surface area contributed by atoms with E-state index in [9.17, 15) is 9.59 Å². The summed E-state index contributed by atoms with van der Waals surface area (Å²) >= 11 is 5.73. The number of carbonyl (C=O) groups is 2. The van der Waals surface area contributed by atoms with Crippen molar-refractivity contribution in [3.8, 4) is 0 Å². The molecule has 4 atom stereocenters. The summed E-state index contributed by atoms with van der Waals surface area (Å²) in [6.07, 6.45) is 6.39. The second-order valence-corrected chi connectivity index (χ2v) is 4.67. The van der Waals surface area contributed by atoms with Gasteiger partial charge in [0.2, 0.25) is 0 Å². The Labute approximate surface area is 86.6 Å². The van der Waals surface area contributed by atoms with Crippen LogP contribution in [-0.4, -0.2) is 11.6 Å². The molecule has 3 heteroatoms. The molecule has 0 radical (unpaired) electrons. The van der Waals surface area contributed by atoms with Gasteiger partial charge in [0.1, 0.15) is 0 Å². The number of Topliss-reactive ketones (excluding diaryl/α,β-unsaturated/α-hetero) is 1. The molecule has 1 saturated carbocycles. The molecule has 0 unspecified atom stereocenters. The highest BCUT2D eigenvalue weighted by atomic mass is 35.5. The van der Waals surface area contributed by atoms with E-state index in [1.54, 1.807) is 0 Å². The third-order valence-corrected chi connectivity index (χ3v) is 3.89. The number of fused-ring (bicyclic) bond motifs is 5. The summed E-state index contributed by atoms with van der Waals surface area (Å²) < 4.78 is 0. The molecule has 0 spiro atoms. The fraction of sp³-hybridized carbons (Fsp3) is 0.455. The summed E-state index contributed by atoms with van der Waals surface area (Å²) in [6.45, 7) is 0. The Bertz CT molecular complexity index is 394. The van der Waals surface area contributed by atoms with E-state index in [2.05, 4.69) is 12.2 Å². The zero-order valence-electron chi connectivity index (χ0n) is 7.44. The summed E-state index contributed by atoms with van der Waals surface area (Å²) in [5, 5.41) is 0.122. The summed E-state index contributed by atoms with van der Waals surface area (Å²) in [4.78, 5) is 23.4. The third kappa shape index (κ3) is 0.871. The van der Waals surface area contributed by atoms with Gasteiger partial charge in [-0.3, -0.25) is 9.59 Å². The van der Waals surface area contributed by atoms with Crippen molar-refractivity contribution in [2.45, 2.75) is 6.42 Å². The Kier molecular flexibility index (Phi) is 1.55. The van der Waals surface area contributed by atoms with Crippen molar-refractivity contribution in [2.75, 3.05) is 0 Å². The first-order chi connectivity index (χ1) is 6.68. The number of halogens is 1. The van der Waals surface area contributed by atoms with Gasteiger partial charge in [-0.1, -0.05) is 23.8 Å². The molecule has 0 amide bonds. The van der Waals surface area contributed by atoms with E-state index < -0.39 is 0 Å². The summed E-state index contributed by atoms with van der Waals surface area (Å²) in [5.41, 5.74) is 0. The lowest BCUT2D eigenvalue weighted by Crippen LogP contribution is -2.36. The van der Waals surface area contributed by atoms with Crippen molar-refractivity contribution in [1.29, 1.82) is 0 Å². The number of hydrogen-bond acceptors (Lipinski definition) is 2. The van der Waals surface area contributed by atoms with E-state index in [0.717, 1.165) is 6.42 Å². The molecule has 3 rings (SSSR count). The van der Waals surface area contributed by atoms with Crippen LogP contribution >= 0.6 is 11.6 Å². The van der Waals surface area contributed by atoms with Gasteiger partial charge < -0.3 is 0 Å². The van der Waals surface area contributed by atoms with Crippen LogP contribution < -0.4 is 0 Å². The smallest absolute Gasteiger partial charge is 0.178 e. The summed E-state index contributed by atoms with van der Waals surface area (Å²) in [7, 11) is 0. The molecule has 0 aromatic carbocycles. The van der Waals surface area contributed by atoms with Crippen LogP contribution in [0.5, 0.6) is 0 Å². The van der Waals surface area contributed by atoms with Crippen LogP contribution in [0.4, 0.5) is 0 Å². The van der Waals surface area contributed by atoms with Gasteiger partial charge in [0.15, 0.2) is 11.6 Å². The molecule has 3 aliphatic rings. The van der Waals surface area contributed by atoms with Gasteiger partial charge in [0.25, 0.3) is 0 Å². The van der Waals surface area contributed by atoms with Gasteiger partial charge in [-0.05, 0) is 18.3 Å². The molecule has 14 heavy (non-hydrogen) atoms. The third-order valence-electron chi connectivity index (χ3n) is 3.59. The minimum atomic E-state index is -0.157. The Balaban J connectivity index is 2.10. The fourth-order valence-corrected chi connectivity index (χ4v) is 3.25. The summed E-state index contributed by atoms with van der Waals surface area (Å²) in [5.74, 6) is 0.269. The van der Waals surface area contributed by atoms with E-state index in [4.69, 9.17) is 11.6 Å². The number of carbonyl (C=O) groups excluding carboxylic acids is 2. The second kappa shape index (κ2) is 2.57. The van der Waals surface area contributed by atoms with E-state index in [-0.39, 0.29) is 40.3 Å². The van der Waals surface area contributed by atoms with Crippen LogP contribution in [-0.2, 0) is 9.59 Å². The molecular formula is C11H9ClO2. The van der Waals surface area contributed by atoms with Gasteiger partial charge >= 0.3 is 0 Å². The zero-order chi connectivity index (χ0) is 9.87. The number of ketones is 2. The first-order valence-corrected chi connectivity index (χ1v) is 5.20. The Morgan fingerprint density at radius 1 is 1.14 bits per heavy atom. The SMILES string of the molecule is O=C1C(Cl)=CC(=O)[C@H]2[C@H]1[C@@H]1C=C[C@H]2C1. The highest BCUT2D eigenvalue weighted by molar-refractivity contribution is 6.45. The zero-order valence-corrected chi connectivity index (χ0v) is 8.20. The van der Waals surface area contributed by atoms with Crippen LogP contribution in [0.2, 0.25) is 0 Å². The molecule has 0 aliphatic heterocycles. The summed E-state index contributed by atoms with van der Waals surface area (Å²) in [6, 6.07) is 0. The molecule has 72 valence electrons. The molecule has 3 aliphatic carbocycles. The average Bonchev–Trinajstić information content (AvgIpc) is 2.73. The Hall–Kier alpha value is -0.890. The van der Waals surface area contributed by atoms with Crippen LogP contribution in [0, 0.1) is 23.7 Å². The molecular weight excluding hydrogens is 200 g/mol. The molecule has 2 nitrogen and oxygen atoms in total. The normalized spacial score (nSPS) is 44.2. The highest BCUT2D eigenvalue weighted by Crippen LogP contribution is 2.51. The lowest BCUT2D eigenvalue weighted by molar-refractivity contribution is -0.129. The largest absolute Gasteiger partial charge is 0.294 e. The topological polar surface area (TPSA) is 34.1 Å². The van der Waals surface area contributed by atoms with Crippen molar-refractivity contribution < 1.29 is 9.59 Å². The molecule has 0 aromatic heterocycles. The van der Waals surface area contributed by atoms with Gasteiger partial charge in [-0.25, -0.2) is 0 Å². The van der Waals surface area contributed by atoms with Crippen molar-refractivity contribution in [2.24, 2.45) is 23.7 Å². The van der Waals surface area contributed by atoms with Crippen LogP contribution in [0.3, 0.4) is 0 Å². The minimum Gasteiger partial charge on any atom is -0.294 e. The second-order valence-electron chi connectivity index (χ2n) is 4.26. The first kappa shape index (κ1) is 8.42. The minimum absolute atomic E-state index is 0.0342. The average molecular weight is 209 g/mol. The maximum absolute atomic E-state index is 11.8. The Morgan fingerprint density at radius 2 is 1.79 bits per heavy atom. The molecule has 2 bridgehead atoms. The number of allylic oxidation sites excluding steroid dienone is 4. The van der Waals surface area contributed by atoms with Crippen molar-refractivity contribution >= 4 is 23.2 Å². The number of hydrogen-bond donors (Lipinski definition) is 0. The fourth-order valence-electron chi connectivity index (χ4n) is 3.02. The van der Waals surface area contributed by atoms with E-state index in [0.29, 0.717) is 0 Å². The van der Waals surface area contributed by atoms with Gasteiger partial charge in [-0.15, -0.1) is 0 Å².